The van der Waals surface area contributed by atoms with Crippen LogP contribution in [0.5, 0.6) is 5.88 Å². The molecule has 3 heterocycles. The van der Waals surface area contributed by atoms with E-state index in [4.69, 9.17) is 4.74 Å². The molecular formula is C15H21N3O2. The van der Waals surface area contributed by atoms with Gasteiger partial charge in [0.2, 0.25) is 5.88 Å². The molecule has 5 nitrogen and oxygen atoms in total. The number of hydrogen-bond acceptors (Lipinski definition) is 4. The highest BCUT2D eigenvalue weighted by molar-refractivity contribution is 5.96. The SMILES string of the molecule is COc1ncccc1C(=O)N[C@@H]1CCN2CCCC[C@H]12. The van der Waals surface area contributed by atoms with Gasteiger partial charge in [-0.1, -0.05) is 6.42 Å². The van der Waals surface area contributed by atoms with E-state index in [0.717, 1.165) is 13.0 Å². The normalized spacial score (nSPS) is 26.1. The summed E-state index contributed by atoms with van der Waals surface area (Å²) in [7, 11) is 1.54. The Bertz CT molecular complexity index is 492. The third-order valence-corrected chi connectivity index (χ3v) is 4.38. The molecule has 2 fully saturated rings. The summed E-state index contributed by atoms with van der Waals surface area (Å²) in [6.07, 6.45) is 6.42. The zero-order valence-electron chi connectivity index (χ0n) is 11.8. The molecule has 1 aromatic rings. The Balaban J connectivity index is 1.70. The number of nitrogens with one attached hydrogen (secondary N) is 1. The first-order valence-corrected chi connectivity index (χ1v) is 7.33. The first-order chi connectivity index (χ1) is 9.79. The standard InChI is InChI=1S/C15H21N3O2/c1-20-15-11(5-4-8-16-15)14(19)17-12-7-10-18-9-3-2-6-13(12)18/h4-5,8,12-13H,2-3,6-7,9-10H2,1H3,(H,17,19)/t12-,13-/m1/s1. The lowest BCUT2D eigenvalue weighted by atomic mass is 9.99. The number of piperidine rings is 1. The number of nitrogens with zero attached hydrogens (tertiary/aromatic N) is 2. The summed E-state index contributed by atoms with van der Waals surface area (Å²) in [5.41, 5.74) is 0.518. The van der Waals surface area contributed by atoms with Crippen LogP contribution >= 0.6 is 0 Å². The van der Waals surface area contributed by atoms with E-state index in [2.05, 4.69) is 15.2 Å². The lowest BCUT2D eigenvalue weighted by molar-refractivity contribution is 0.0911. The van der Waals surface area contributed by atoms with Crippen molar-refractivity contribution in [3.8, 4) is 5.88 Å². The topological polar surface area (TPSA) is 54.5 Å². The molecule has 0 aromatic carbocycles. The molecule has 0 radical (unpaired) electrons. The summed E-state index contributed by atoms with van der Waals surface area (Å²) < 4.78 is 5.16. The van der Waals surface area contributed by atoms with Crippen LogP contribution in [-0.2, 0) is 0 Å². The van der Waals surface area contributed by atoms with E-state index in [0.29, 0.717) is 17.5 Å². The van der Waals surface area contributed by atoms with Crippen molar-refractivity contribution in [2.45, 2.75) is 37.8 Å². The fourth-order valence-electron chi connectivity index (χ4n) is 3.39. The summed E-state index contributed by atoms with van der Waals surface area (Å²) >= 11 is 0. The van der Waals surface area contributed by atoms with Gasteiger partial charge in [0, 0.05) is 24.8 Å². The van der Waals surface area contributed by atoms with Gasteiger partial charge >= 0.3 is 0 Å². The summed E-state index contributed by atoms with van der Waals surface area (Å²) in [5, 5.41) is 3.17. The lowest BCUT2D eigenvalue weighted by Crippen LogP contribution is -2.46. The molecule has 0 spiro atoms. The quantitative estimate of drug-likeness (QED) is 0.907. The average molecular weight is 275 g/mol. The van der Waals surface area contributed by atoms with Crippen molar-refractivity contribution in [3.05, 3.63) is 23.9 Å². The third kappa shape index (κ3) is 2.50. The Labute approximate surface area is 119 Å². The van der Waals surface area contributed by atoms with Crippen LogP contribution in [0.15, 0.2) is 18.3 Å². The van der Waals surface area contributed by atoms with Crippen LogP contribution in [0.4, 0.5) is 0 Å². The number of fused-ring (bicyclic) bond motifs is 1. The maximum Gasteiger partial charge on any atom is 0.257 e. The molecule has 2 saturated heterocycles. The number of rotatable bonds is 3. The fourth-order valence-corrected chi connectivity index (χ4v) is 3.39. The predicted octanol–water partition coefficient (Wildman–Crippen LogP) is 1.45. The van der Waals surface area contributed by atoms with Crippen molar-refractivity contribution < 1.29 is 9.53 Å². The molecule has 0 unspecified atom stereocenters. The van der Waals surface area contributed by atoms with E-state index in [-0.39, 0.29) is 11.9 Å². The van der Waals surface area contributed by atoms with Gasteiger partial charge in [-0.05, 0) is 37.9 Å². The van der Waals surface area contributed by atoms with Crippen molar-refractivity contribution in [1.29, 1.82) is 0 Å². The van der Waals surface area contributed by atoms with Gasteiger partial charge < -0.3 is 10.1 Å². The van der Waals surface area contributed by atoms with E-state index in [9.17, 15) is 4.79 Å². The van der Waals surface area contributed by atoms with E-state index in [1.54, 1.807) is 18.3 Å². The zero-order chi connectivity index (χ0) is 13.9. The van der Waals surface area contributed by atoms with Crippen LogP contribution in [0.25, 0.3) is 0 Å². The van der Waals surface area contributed by atoms with Gasteiger partial charge in [0.15, 0.2) is 0 Å². The van der Waals surface area contributed by atoms with Crippen molar-refractivity contribution in [2.75, 3.05) is 20.2 Å². The number of aromatic nitrogens is 1. The van der Waals surface area contributed by atoms with Gasteiger partial charge in [-0.2, -0.15) is 0 Å². The minimum Gasteiger partial charge on any atom is -0.480 e. The zero-order valence-corrected chi connectivity index (χ0v) is 11.8. The average Bonchev–Trinajstić information content (AvgIpc) is 2.90. The first-order valence-electron chi connectivity index (χ1n) is 7.33. The minimum atomic E-state index is -0.0765. The molecule has 108 valence electrons. The number of ether oxygens (including phenoxy) is 1. The molecule has 1 amide bonds. The largest absolute Gasteiger partial charge is 0.480 e. The molecule has 1 N–H and O–H groups in total. The van der Waals surface area contributed by atoms with Gasteiger partial charge in [0.05, 0.1) is 7.11 Å². The first kappa shape index (κ1) is 13.4. The summed E-state index contributed by atoms with van der Waals surface area (Å²) in [5.74, 6) is 0.316. The molecule has 0 bridgehead atoms. The van der Waals surface area contributed by atoms with E-state index >= 15 is 0 Å². The summed E-state index contributed by atoms with van der Waals surface area (Å²) in [6, 6.07) is 4.29. The maximum atomic E-state index is 12.4. The molecule has 2 aliphatic rings. The van der Waals surface area contributed by atoms with Gasteiger partial charge in [0.25, 0.3) is 5.91 Å². The Morgan fingerprint density at radius 3 is 3.15 bits per heavy atom. The van der Waals surface area contributed by atoms with Crippen molar-refractivity contribution >= 4 is 5.91 Å². The molecule has 5 heteroatoms. The van der Waals surface area contributed by atoms with E-state index in [1.165, 1.54) is 32.9 Å². The lowest BCUT2D eigenvalue weighted by Gasteiger charge is -2.32. The molecule has 3 rings (SSSR count). The monoisotopic (exact) mass is 275 g/mol. The Kier molecular flexibility index (Phi) is 3.87. The van der Waals surface area contributed by atoms with Crippen LogP contribution in [0.2, 0.25) is 0 Å². The third-order valence-electron chi connectivity index (χ3n) is 4.38. The second-order valence-corrected chi connectivity index (χ2v) is 5.53. The van der Waals surface area contributed by atoms with Gasteiger partial charge in [-0.3, -0.25) is 9.69 Å². The second kappa shape index (κ2) is 5.79. The highest BCUT2D eigenvalue weighted by atomic mass is 16.5. The van der Waals surface area contributed by atoms with Crippen LogP contribution < -0.4 is 10.1 Å². The fraction of sp³-hybridized carbons (Fsp3) is 0.600. The van der Waals surface area contributed by atoms with Gasteiger partial charge in [-0.15, -0.1) is 0 Å². The number of amides is 1. The molecule has 2 aliphatic heterocycles. The Hall–Kier alpha value is -1.62. The van der Waals surface area contributed by atoms with Crippen LogP contribution in [0.1, 0.15) is 36.0 Å². The molecule has 20 heavy (non-hydrogen) atoms. The Morgan fingerprint density at radius 2 is 2.30 bits per heavy atom. The van der Waals surface area contributed by atoms with Crippen molar-refractivity contribution in [3.63, 3.8) is 0 Å². The van der Waals surface area contributed by atoms with E-state index < -0.39 is 0 Å². The minimum absolute atomic E-state index is 0.0765. The van der Waals surface area contributed by atoms with E-state index in [1.807, 2.05) is 0 Å². The summed E-state index contributed by atoms with van der Waals surface area (Å²) in [4.78, 5) is 19.0. The number of carbonyl (C=O) groups is 1. The number of hydrogen-bond donors (Lipinski definition) is 1. The maximum absolute atomic E-state index is 12.4. The molecule has 1 aromatic heterocycles. The molecule has 2 atom stereocenters. The van der Waals surface area contributed by atoms with Crippen LogP contribution in [0, 0.1) is 0 Å². The van der Waals surface area contributed by atoms with Crippen LogP contribution in [-0.4, -0.2) is 48.1 Å². The van der Waals surface area contributed by atoms with Gasteiger partial charge in [-0.25, -0.2) is 4.98 Å². The number of methoxy groups -OCH3 is 1. The van der Waals surface area contributed by atoms with Crippen LogP contribution in [0.3, 0.4) is 0 Å². The molecule has 0 saturated carbocycles. The molecule has 0 aliphatic carbocycles. The number of pyridine rings is 1. The highest BCUT2D eigenvalue weighted by Gasteiger charge is 2.36. The van der Waals surface area contributed by atoms with Crippen molar-refractivity contribution in [2.24, 2.45) is 0 Å². The van der Waals surface area contributed by atoms with Crippen molar-refractivity contribution in [1.82, 2.24) is 15.2 Å². The summed E-state index contributed by atoms with van der Waals surface area (Å²) in [6.45, 7) is 2.27. The Morgan fingerprint density at radius 1 is 1.40 bits per heavy atom. The second-order valence-electron chi connectivity index (χ2n) is 5.53. The highest BCUT2D eigenvalue weighted by Crippen LogP contribution is 2.27. The smallest absolute Gasteiger partial charge is 0.257 e. The predicted molar refractivity (Wildman–Crippen MR) is 75.9 cm³/mol. The number of carbonyl (C=O) groups excluding carboxylic acids is 1. The van der Waals surface area contributed by atoms with Gasteiger partial charge in [0.1, 0.15) is 5.56 Å². The molecular weight excluding hydrogens is 254 g/mol.